The maximum absolute atomic E-state index is 10.7. The molecule has 27 heavy (non-hydrogen) atoms. The van der Waals surface area contributed by atoms with E-state index >= 15 is 0 Å². The number of phenols is 1. The van der Waals surface area contributed by atoms with E-state index in [4.69, 9.17) is 9.47 Å². The lowest BCUT2D eigenvalue weighted by Crippen LogP contribution is -2.02. The molecule has 0 radical (unpaired) electrons. The molecule has 0 heterocycles. The molecule has 3 nitrogen and oxygen atoms in total. The van der Waals surface area contributed by atoms with Crippen LogP contribution in [0.5, 0.6) is 23.0 Å². The summed E-state index contributed by atoms with van der Waals surface area (Å²) in [6.45, 7) is 0.545. The maximum atomic E-state index is 10.7. The highest BCUT2D eigenvalue weighted by molar-refractivity contribution is 5.95. The summed E-state index contributed by atoms with van der Waals surface area (Å²) in [5, 5.41) is 12.2. The molecule has 0 fully saturated rings. The van der Waals surface area contributed by atoms with Crippen molar-refractivity contribution in [3.8, 4) is 23.0 Å². The standard InChI is InChI=1S/C24H20O3/c25-24-21-14-8-7-13-20(21)22(26-16-15-18-9-3-1-4-10-18)17-23(24)27-19-11-5-2-6-12-19/h1-14,17,25H,15-16H2. The van der Waals surface area contributed by atoms with E-state index in [1.54, 1.807) is 6.07 Å². The summed E-state index contributed by atoms with van der Waals surface area (Å²) in [5.41, 5.74) is 1.22. The number of ether oxygens (including phenoxy) is 2. The van der Waals surface area contributed by atoms with Gasteiger partial charge in [-0.1, -0.05) is 72.8 Å². The summed E-state index contributed by atoms with van der Waals surface area (Å²) in [6.07, 6.45) is 0.810. The molecular weight excluding hydrogens is 336 g/mol. The second-order valence-electron chi connectivity index (χ2n) is 6.27. The molecule has 3 heteroatoms. The summed E-state index contributed by atoms with van der Waals surface area (Å²) >= 11 is 0. The third kappa shape index (κ3) is 3.87. The van der Waals surface area contributed by atoms with Crippen LogP contribution in [-0.2, 0) is 6.42 Å². The average Bonchev–Trinajstić information content (AvgIpc) is 2.73. The molecule has 0 aromatic heterocycles. The number of fused-ring (bicyclic) bond motifs is 1. The molecule has 134 valence electrons. The number of benzene rings is 4. The predicted octanol–water partition coefficient (Wildman–Crippen LogP) is 5.96. The van der Waals surface area contributed by atoms with E-state index in [9.17, 15) is 5.11 Å². The largest absolute Gasteiger partial charge is 0.504 e. The first-order valence-electron chi connectivity index (χ1n) is 8.95. The number of aromatic hydroxyl groups is 1. The Morgan fingerprint density at radius 3 is 2.04 bits per heavy atom. The number of hydrogen-bond acceptors (Lipinski definition) is 3. The number of rotatable bonds is 6. The van der Waals surface area contributed by atoms with E-state index in [0.717, 1.165) is 11.8 Å². The Balaban J connectivity index is 1.63. The minimum Gasteiger partial charge on any atom is -0.504 e. The van der Waals surface area contributed by atoms with Crippen molar-refractivity contribution in [1.82, 2.24) is 0 Å². The van der Waals surface area contributed by atoms with Gasteiger partial charge in [0.05, 0.1) is 6.61 Å². The zero-order valence-corrected chi connectivity index (χ0v) is 14.8. The molecule has 0 unspecified atom stereocenters. The predicted molar refractivity (Wildman–Crippen MR) is 108 cm³/mol. The van der Waals surface area contributed by atoms with E-state index < -0.39 is 0 Å². The molecule has 0 aliphatic heterocycles. The first-order valence-corrected chi connectivity index (χ1v) is 8.95. The van der Waals surface area contributed by atoms with Crippen LogP contribution in [0.1, 0.15) is 5.56 Å². The van der Waals surface area contributed by atoms with E-state index in [1.165, 1.54) is 5.56 Å². The number of phenolic OH excluding ortho intramolecular Hbond substituents is 1. The monoisotopic (exact) mass is 356 g/mol. The first-order chi connectivity index (χ1) is 13.3. The van der Waals surface area contributed by atoms with Gasteiger partial charge in [-0.05, 0) is 17.7 Å². The summed E-state index contributed by atoms with van der Waals surface area (Å²) in [6, 6.07) is 29.0. The Morgan fingerprint density at radius 2 is 1.30 bits per heavy atom. The van der Waals surface area contributed by atoms with Crippen LogP contribution in [0.15, 0.2) is 91.0 Å². The van der Waals surface area contributed by atoms with Crippen molar-refractivity contribution in [3.63, 3.8) is 0 Å². The molecule has 1 N–H and O–H groups in total. The highest BCUT2D eigenvalue weighted by atomic mass is 16.5. The lowest BCUT2D eigenvalue weighted by atomic mass is 10.1. The summed E-state index contributed by atoms with van der Waals surface area (Å²) < 4.78 is 12.0. The van der Waals surface area contributed by atoms with Crippen molar-refractivity contribution in [1.29, 1.82) is 0 Å². The highest BCUT2D eigenvalue weighted by Gasteiger charge is 2.14. The third-order valence-electron chi connectivity index (χ3n) is 4.41. The first kappa shape index (κ1) is 17.0. The Morgan fingerprint density at radius 1 is 0.667 bits per heavy atom. The van der Waals surface area contributed by atoms with Gasteiger partial charge in [-0.25, -0.2) is 0 Å². The highest BCUT2D eigenvalue weighted by Crippen LogP contribution is 2.42. The summed E-state index contributed by atoms with van der Waals surface area (Å²) in [7, 11) is 0. The van der Waals surface area contributed by atoms with Crippen LogP contribution >= 0.6 is 0 Å². The maximum Gasteiger partial charge on any atom is 0.173 e. The Bertz CT molecular complexity index is 1030. The lowest BCUT2D eigenvalue weighted by molar-refractivity contribution is 0.323. The molecule has 0 saturated heterocycles. The van der Waals surface area contributed by atoms with Crippen LogP contribution in [0, 0.1) is 0 Å². The van der Waals surface area contributed by atoms with Crippen LogP contribution in [0.4, 0.5) is 0 Å². The van der Waals surface area contributed by atoms with E-state index in [0.29, 0.717) is 29.2 Å². The van der Waals surface area contributed by atoms with Crippen LogP contribution in [0.2, 0.25) is 0 Å². The fraction of sp³-hybridized carbons (Fsp3) is 0.0833. The van der Waals surface area contributed by atoms with Gasteiger partial charge in [0.2, 0.25) is 0 Å². The zero-order chi connectivity index (χ0) is 18.5. The van der Waals surface area contributed by atoms with Gasteiger partial charge in [0.25, 0.3) is 0 Å². The molecule has 4 aromatic carbocycles. The van der Waals surface area contributed by atoms with Crippen molar-refractivity contribution in [2.24, 2.45) is 0 Å². The van der Waals surface area contributed by atoms with Crippen LogP contribution in [0.3, 0.4) is 0 Å². The van der Waals surface area contributed by atoms with Crippen LogP contribution in [-0.4, -0.2) is 11.7 Å². The fourth-order valence-electron chi connectivity index (χ4n) is 3.04. The van der Waals surface area contributed by atoms with Gasteiger partial charge in [0.1, 0.15) is 11.5 Å². The molecule has 0 aliphatic rings. The number of hydrogen-bond donors (Lipinski definition) is 1. The molecular formula is C24H20O3. The third-order valence-corrected chi connectivity index (χ3v) is 4.41. The molecule has 0 bridgehead atoms. The van der Waals surface area contributed by atoms with Gasteiger partial charge in [0.15, 0.2) is 11.5 Å². The molecule has 0 atom stereocenters. The summed E-state index contributed by atoms with van der Waals surface area (Å²) in [5.74, 6) is 1.86. The Labute approximate surface area is 158 Å². The average molecular weight is 356 g/mol. The smallest absolute Gasteiger partial charge is 0.173 e. The quantitative estimate of drug-likeness (QED) is 0.463. The van der Waals surface area contributed by atoms with Crippen LogP contribution in [0.25, 0.3) is 10.8 Å². The molecule has 0 saturated carbocycles. The molecule has 0 spiro atoms. The van der Waals surface area contributed by atoms with Crippen molar-refractivity contribution in [2.75, 3.05) is 6.61 Å². The normalized spacial score (nSPS) is 10.7. The minimum absolute atomic E-state index is 0.116. The SMILES string of the molecule is Oc1c(Oc2ccccc2)cc(OCCc2ccccc2)c2ccccc12. The Kier molecular flexibility index (Phi) is 4.93. The van der Waals surface area contributed by atoms with Crippen LogP contribution < -0.4 is 9.47 Å². The second kappa shape index (κ2) is 7.83. The second-order valence-corrected chi connectivity index (χ2v) is 6.27. The molecule has 0 amide bonds. The van der Waals surface area contributed by atoms with Gasteiger partial charge in [-0.3, -0.25) is 0 Å². The minimum atomic E-state index is 0.116. The zero-order valence-electron chi connectivity index (χ0n) is 14.8. The topological polar surface area (TPSA) is 38.7 Å². The van der Waals surface area contributed by atoms with Crippen molar-refractivity contribution < 1.29 is 14.6 Å². The summed E-state index contributed by atoms with van der Waals surface area (Å²) in [4.78, 5) is 0. The molecule has 0 aliphatic carbocycles. The molecule has 4 aromatic rings. The Hall–Kier alpha value is -3.46. The lowest BCUT2D eigenvalue weighted by Gasteiger charge is -2.15. The van der Waals surface area contributed by atoms with Gasteiger partial charge in [-0.2, -0.15) is 0 Å². The molecule has 4 rings (SSSR count). The van der Waals surface area contributed by atoms with E-state index in [-0.39, 0.29) is 5.75 Å². The van der Waals surface area contributed by atoms with Crippen molar-refractivity contribution in [2.45, 2.75) is 6.42 Å². The van der Waals surface area contributed by atoms with Gasteiger partial charge in [-0.15, -0.1) is 0 Å². The fourth-order valence-corrected chi connectivity index (χ4v) is 3.04. The van der Waals surface area contributed by atoms with Gasteiger partial charge < -0.3 is 14.6 Å². The van der Waals surface area contributed by atoms with E-state index in [1.807, 2.05) is 72.8 Å². The van der Waals surface area contributed by atoms with Gasteiger partial charge in [0, 0.05) is 23.3 Å². The van der Waals surface area contributed by atoms with Crippen molar-refractivity contribution >= 4 is 10.8 Å². The van der Waals surface area contributed by atoms with Gasteiger partial charge >= 0.3 is 0 Å². The van der Waals surface area contributed by atoms with E-state index in [2.05, 4.69) is 12.1 Å². The van der Waals surface area contributed by atoms with Crippen molar-refractivity contribution in [3.05, 3.63) is 96.6 Å². The number of para-hydroxylation sites is 1.